The second kappa shape index (κ2) is 9.89. The monoisotopic (exact) mass is 263 g/mol. The molecule has 0 amide bonds. The van der Waals surface area contributed by atoms with Crippen molar-refractivity contribution < 1.29 is 8.42 Å². The second-order valence-electron chi connectivity index (χ2n) is 4.69. The SMILES string of the molecule is CCCC(CCCCS(=O)(=O)CCC)NCC. The summed E-state index contributed by atoms with van der Waals surface area (Å²) >= 11 is 0. The fourth-order valence-electron chi connectivity index (χ4n) is 2.11. The predicted molar refractivity (Wildman–Crippen MR) is 75.2 cm³/mol. The van der Waals surface area contributed by atoms with Crippen LogP contribution >= 0.6 is 0 Å². The van der Waals surface area contributed by atoms with Crippen LogP contribution in [0.25, 0.3) is 0 Å². The van der Waals surface area contributed by atoms with Crippen LogP contribution in [-0.4, -0.2) is 32.5 Å². The second-order valence-corrected chi connectivity index (χ2v) is 6.99. The Morgan fingerprint density at radius 3 is 2.18 bits per heavy atom. The number of sulfone groups is 1. The molecule has 4 heteroatoms. The predicted octanol–water partition coefficient (Wildman–Crippen LogP) is 2.76. The molecule has 104 valence electrons. The highest BCUT2D eigenvalue weighted by Gasteiger charge is 2.10. The van der Waals surface area contributed by atoms with E-state index < -0.39 is 9.84 Å². The van der Waals surface area contributed by atoms with E-state index in [2.05, 4.69) is 19.2 Å². The zero-order valence-electron chi connectivity index (χ0n) is 11.7. The third-order valence-corrected chi connectivity index (χ3v) is 4.84. The minimum atomic E-state index is -2.77. The van der Waals surface area contributed by atoms with Gasteiger partial charge in [0.1, 0.15) is 9.84 Å². The van der Waals surface area contributed by atoms with Gasteiger partial charge in [-0.15, -0.1) is 0 Å². The van der Waals surface area contributed by atoms with E-state index in [1.54, 1.807) is 0 Å². The molecule has 1 N–H and O–H groups in total. The number of hydrogen-bond acceptors (Lipinski definition) is 3. The van der Waals surface area contributed by atoms with Crippen LogP contribution in [0.1, 0.15) is 59.3 Å². The third kappa shape index (κ3) is 9.60. The minimum Gasteiger partial charge on any atom is -0.314 e. The van der Waals surface area contributed by atoms with Crippen LogP contribution in [0.5, 0.6) is 0 Å². The summed E-state index contributed by atoms with van der Waals surface area (Å²) in [6.45, 7) is 7.23. The van der Waals surface area contributed by atoms with Crippen molar-refractivity contribution in [2.45, 2.75) is 65.3 Å². The average molecular weight is 263 g/mol. The Bertz CT molecular complexity index is 257. The Morgan fingerprint density at radius 1 is 0.941 bits per heavy atom. The number of hydrogen-bond donors (Lipinski definition) is 1. The van der Waals surface area contributed by atoms with Crippen LogP contribution in [0.3, 0.4) is 0 Å². The van der Waals surface area contributed by atoms with Gasteiger partial charge in [-0.1, -0.05) is 33.6 Å². The first-order chi connectivity index (χ1) is 8.05. The first-order valence-corrected chi connectivity index (χ1v) is 8.81. The van der Waals surface area contributed by atoms with Gasteiger partial charge in [-0.05, 0) is 32.2 Å². The van der Waals surface area contributed by atoms with E-state index in [-0.39, 0.29) is 0 Å². The van der Waals surface area contributed by atoms with Gasteiger partial charge in [0.05, 0.1) is 5.75 Å². The number of rotatable bonds is 11. The first-order valence-electron chi connectivity index (χ1n) is 6.99. The Balaban J connectivity index is 3.74. The van der Waals surface area contributed by atoms with Crippen LogP contribution in [0.2, 0.25) is 0 Å². The zero-order chi connectivity index (χ0) is 13.1. The van der Waals surface area contributed by atoms with Crippen molar-refractivity contribution in [1.82, 2.24) is 5.32 Å². The topological polar surface area (TPSA) is 46.2 Å². The normalized spacial score (nSPS) is 13.8. The highest BCUT2D eigenvalue weighted by Crippen LogP contribution is 2.08. The molecule has 1 unspecified atom stereocenters. The molecule has 0 aromatic carbocycles. The summed E-state index contributed by atoms with van der Waals surface area (Å²) in [5.41, 5.74) is 0. The van der Waals surface area contributed by atoms with Gasteiger partial charge in [0.25, 0.3) is 0 Å². The van der Waals surface area contributed by atoms with Crippen LogP contribution < -0.4 is 5.32 Å². The molecule has 17 heavy (non-hydrogen) atoms. The van der Waals surface area contributed by atoms with Crippen molar-refractivity contribution in [3.8, 4) is 0 Å². The smallest absolute Gasteiger partial charge is 0.150 e. The molecule has 0 aliphatic rings. The van der Waals surface area contributed by atoms with E-state index in [4.69, 9.17) is 0 Å². The summed E-state index contributed by atoms with van der Waals surface area (Å²) in [6.07, 6.45) is 6.04. The van der Waals surface area contributed by atoms with Crippen LogP contribution in [0.4, 0.5) is 0 Å². The molecule has 0 spiro atoms. The first kappa shape index (κ1) is 16.9. The molecule has 0 aromatic rings. The highest BCUT2D eigenvalue weighted by atomic mass is 32.2. The van der Waals surface area contributed by atoms with Gasteiger partial charge < -0.3 is 5.32 Å². The van der Waals surface area contributed by atoms with Gasteiger partial charge in [0, 0.05) is 11.8 Å². The van der Waals surface area contributed by atoms with Crippen LogP contribution in [0, 0.1) is 0 Å². The maximum absolute atomic E-state index is 11.5. The van der Waals surface area contributed by atoms with Gasteiger partial charge in [0.2, 0.25) is 0 Å². The third-order valence-electron chi connectivity index (χ3n) is 2.90. The van der Waals surface area contributed by atoms with Crippen LogP contribution in [0.15, 0.2) is 0 Å². The average Bonchev–Trinajstić information content (AvgIpc) is 2.25. The molecule has 0 rings (SSSR count). The van der Waals surface area contributed by atoms with E-state index in [0.29, 0.717) is 17.5 Å². The van der Waals surface area contributed by atoms with Crippen molar-refractivity contribution in [2.75, 3.05) is 18.1 Å². The lowest BCUT2D eigenvalue weighted by Gasteiger charge is -2.16. The fourth-order valence-corrected chi connectivity index (χ4v) is 3.58. The molecular formula is C13H29NO2S. The quantitative estimate of drug-likeness (QED) is 0.583. The van der Waals surface area contributed by atoms with E-state index in [1.165, 1.54) is 12.8 Å². The van der Waals surface area contributed by atoms with Crippen LogP contribution in [-0.2, 0) is 9.84 Å². The zero-order valence-corrected chi connectivity index (χ0v) is 12.5. The molecule has 0 bridgehead atoms. The Morgan fingerprint density at radius 2 is 1.65 bits per heavy atom. The highest BCUT2D eigenvalue weighted by molar-refractivity contribution is 7.91. The maximum Gasteiger partial charge on any atom is 0.150 e. The molecule has 0 saturated heterocycles. The largest absolute Gasteiger partial charge is 0.314 e. The Labute approximate surface area is 107 Å². The fraction of sp³-hybridized carbons (Fsp3) is 1.00. The lowest BCUT2D eigenvalue weighted by Crippen LogP contribution is -2.28. The lowest BCUT2D eigenvalue weighted by molar-refractivity contribution is 0.445. The summed E-state index contributed by atoms with van der Waals surface area (Å²) < 4.78 is 23.0. The standard InChI is InChI=1S/C13H29NO2S/c1-4-9-13(14-6-3)10-7-8-12-17(15,16)11-5-2/h13-14H,4-12H2,1-3H3. The molecular weight excluding hydrogens is 234 g/mol. The molecule has 1 atom stereocenters. The van der Waals surface area contributed by atoms with Gasteiger partial charge >= 0.3 is 0 Å². The van der Waals surface area contributed by atoms with Gasteiger partial charge in [-0.3, -0.25) is 0 Å². The van der Waals surface area contributed by atoms with Crippen molar-refractivity contribution in [3.05, 3.63) is 0 Å². The number of nitrogens with one attached hydrogen (secondary N) is 1. The van der Waals surface area contributed by atoms with Gasteiger partial charge in [-0.2, -0.15) is 0 Å². The molecule has 0 aliphatic heterocycles. The summed E-state index contributed by atoms with van der Waals surface area (Å²) in [6, 6.07) is 0.568. The molecule has 0 aromatic heterocycles. The molecule has 0 radical (unpaired) electrons. The van der Waals surface area contributed by atoms with Crippen molar-refractivity contribution >= 4 is 9.84 Å². The summed E-state index contributed by atoms with van der Waals surface area (Å²) in [7, 11) is -2.77. The molecule has 0 saturated carbocycles. The van der Waals surface area contributed by atoms with Gasteiger partial charge in [-0.25, -0.2) is 8.42 Å². The minimum absolute atomic E-state index is 0.346. The van der Waals surface area contributed by atoms with Crippen molar-refractivity contribution in [2.24, 2.45) is 0 Å². The van der Waals surface area contributed by atoms with Gasteiger partial charge in [0.15, 0.2) is 0 Å². The number of unbranched alkanes of at least 4 members (excludes halogenated alkanes) is 1. The maximum atomic E-state index is 11.5. The lowest BCUT2D eigenvalue weighted by atomic mass is 10.1. The molecule has 3 nitrogen and oxygen atoms in total. The van der Waals surface area contributed by atoms with Crippen molar-refractivity contribution in [1.29, 1.82) is 0 Å². The Hall–Kier alpha value is -0.0900. The summed E-state index contributed by atoms with van der Waals surface area (Å²) in [5.74, 6) is 0.713. The Kier molecular flexibility index (Phi) is 9.84. The molecule has 0 heterocycles. The van der Waals surface area contributed by atoms with E-state index in [9.17, 15) is 8.42 Å². The summed E-state index contributed by atoms with van der Waals surface area (Å²) in [5, 5.41) is 3.46. The van der Waals surface area contributed by atoms with Crippen molar-refractivity contribution in [3.63, 3.8) is 0 Å². The van der Waals surface area contributed by atoms with E-state index in [0.717, 1.165) is 32.2 Å². The van der Waals surface area contributed by atoms with E-state index in [1.807, 2.05) is 6.92 Å². The van der Waals surface area contributed by atoms with E-state index >= 15 is 0 Å². The molecule has 0 fully saturated rings. The molecule has 0 aliphatic carbocycles. The summed E-state index contributed by atoms with van der Waals surface area (Å²) in [4.78, 5) is 0.